The highest BCUT2D eigenvalue weighted by Gasteiger charge is 2.57. The maximum Gasteiger partial charge on any atom is 0.225 e. The normalized spacial score (nSPS) is 32.1. The van der Waals surface area contributed by atoms with Crippen LogP contribution in [-0.2, 0) is 28.3 Å². The number of furan rings is 1. The van der Waals surface area contributed by atoms with Gasteiger partial charge in [-0.2, -0.15) is 0 Å². The lowest BCUT2D eigenvalue weighted by atomic mass is 9.87. The van der Waals surface area contributed by atoms with Crippen LogP contribution in [0, 0.1) is 0 Å². The van der Waals surface area contributed by atoms with Crippen molar-refractivity contribution in [2.24, 2.45) is 0 Å². The maximum atomic E-state index is 10.7. The molecule has 3 aromatic rings. The summed E-state index contributed by atoms with van der Waals surface area (Å²) in [4.78, 5) is 0. The van der Waals surface area contributed by atoms with Gasteiger partial charge < -0.3 is 29.2 Å². The van der Waals surface area contributed by atoms with E-state index in [4.69, 9.17) is 13.9 Å². The van der Waals surface area contributed by atoms with Crippen LogP contribution in [0.3, 0.4) is 0 Å². The second-order valence-electron chi connectivity index (χ2n) is 7.62. The average Bonchev–Trinajstić information content (AvgIpc) is 3.26. The minimum absolute atomic E-state index is 0.271. The molecule has 2 aromatic carbocycles. The lowest BCUT2D eigenvalue weighted by Crippen LogP contribution is -2.62. The van der Waals surface area contributed by atoms with Gasteiger partial charge in [0.15, 0.2) is 0 Å². The van der Waals surface area contributed by atoms with Crippen molar-refractivity contribution < 1.29 is 29.2 Å². The van der Waals surface area contributed by atoms with Crippen LogP contribution in [0.15, 0.2) is 52.9 Å². The summed E-state index contributed by atoms with van der Waals surface area (Å²) in [6.07, 6.45) is -4.01. The fourth-order valence-electron chi connectivity index (χ4n) is 4.22. The van der Waals surface area contributed by atoms with Gasteiger partial charge in [0.25, 0.3) is 0 Å². The zero-order valence-electron chi connectivity index (χ0n) is 15.4. The first-order valence-corrected chi connectivity index (χ1v) is 9.43. The summed E-state index contributed by atoms with van der Waals surface area (Å²) in [6.45, 7) is 1.92. The molecule has 3 N–H and O–H groups in total. The first kappa shape index (κ1) is 17.8. The predicted molar refractivity (Wildman–Crippen MR) is 100 cm³/mol. The Morgan fingerprint density at radius 1 is 1.04 bits per heavy atom. The SMILES string of the molecule is C[C@H]1O[C@]2(OCc3ccc(Cc4cc5ccccc5o4)cc32)[C@H](O)[C@@H](O)[C@@H]1O. The quantitative estimate of drug-likeness (QED) is 0.629. The van der Waals surface area contributed by atoms with E-state index in [1.165, 1.54) is 0 Å². The zero-order valence-corrected chi connectivity index (χ0v) is 15.4. The van der Waals surface area contributed by atoms with Crippen LogP contribution in [0.25, 0.3) is 11.0 Å². The van der Waals surface area contributed by atoms with E-state index in [-0.39, 0.29) is 6.61 Å². The number of para-hydroxylation sites is 1. The number of fused-ring (bicyclic) bond motifs is 3. The number of hydrogen-bond acceptors (Lipinski definition) is 6. The number of aliphatic hydroxyl groups is 3. The van der Waals surface area contributed by atoms with Crippen LogP contribution >= 0.6 is 0 Å². The van der Waals surface area contributed by atoms with E-state index in [2.05, 4.69) is 0 Å². The molecule has 0 amide bonds. The molecule has 5 atom stereocenters. The third-order valence-electron chi connectivity index (χ3n) is 5.75. The molecular weight excluding hydrogens is 360 g/mol. The van der Waals surface area contributed by atoms with Crippen molar-refractivity contribution >= 4 is 11.0 Å². The molecule has 2 aliphatic rings. The van der Waals surface area contributed by atoms with Crippen molar-refractivity contribution in [3.63, 3.8) is 0 Å². The van der Waals surface area contributed by atoms with E-state index < -0.39 is 30.2 Å². The second kappa shape index (κ2) is 6.40. The first-order valence-electron chi connectivity index (χ1n) is 9.43. The summed E-state index contributed by atoms with van der Waals surface area (Å²) < 4.78 is 17.7. The molecule has 1 aromatic heterocycles. The number of hydrogen-bond donors (Lipinski definition) is 3. The largest absolute Gasteiger partial charge is 0.461 e. The smallest absolute Gasteiger partial charge is 0.225 e. The highest BCUT2D eigenvalue weighted by molar-refractivity contribution is 5.77. The van der Waals surface area contributed by atoms with Gasteiger partial charge in [0.05, 0.1) is 12.7 Å². The van der Waals surface area contributed by atoms with Crippen LogP contribution in [0.1, 0.15) is 29.4 Å². The molecule has 6 heteroatoms. The topological polar surface area (TPSA) is 92.3 Å². The molecule has 28 heavy (non-hydrogen) atoms. The van der Waals surface area contributed by atoms with Gasteiger partial charge in [-0.05, 0) is 36.2 Å². The molecule has 146 valence electrons. The van der Waals surface area contributed by atoms with E-state index in [1.54, 1.807) is 6.92 Å². The number of benzene rings is 2. The summed E-state index contributed by atoms with van der Waals surface area (Å²) in [5.74, 6) is -0.639. The van der Waals surface area contributed by atoms with Gasteiger partial charge in [0.1, 0.15) is 29.7 Å². The highest BCUT2D eigenvalue weighted by atomic mass is 16.7. The average molecular weight is 382 g/mol. The molecule has 6 nitrogen and oxygen atoms in total. The fraction of sp³-hybridized carbons (Fsp3) is 0.364. The van der Waals surface area contributed by atoms with Gasteiger partial charge in [-0.3, -0.25) is 0 Å². The molecule has 0 saturated carbocycles. The Balaban J connectivity index is 1.50. The molecule has 5 rings (SSSR count). The Morgan fingerprint density at radius 2 is 1.86 bits per heavy atom. The summed E-state index contributed by atoms with van der Waals surface area (Å²) in [5, 5.41) is 32.0. The van der Waals surface area contributed by atoms with Gasteiger partial charge in [-0.1, -0.05) is 30.3 Å². The van der Waals surface area contributed by atoms with Crippen molar-refractivity contribution in [1.82, 2.24) is 0 Å². The Labute approximate surface area is 161 Å². The van der Waals surface area contributed by atoms with E-state index in [9.17, 15) is 15.3 Å². The first-order chi connectivity index (χ1) is 13.5. The monoisotopic (exact) mass is 382 g/mol. The van der Waals surface area contributed by atoms with Crippen molar-refractivity contribution in [2.45, 2.75) is 50.2 Å². The Morgan fingerprint density at radius 3 is 2.68 bits per heavy atom. The maximum absolute atomic E-state index is 10.7. The Kier molecular flexibility index (Phi) is 4.08. The molecule has 0 bridgehead atoms. The van der Waals surface area contributed by atoms with E-state index in [0.717, 1.165) is 27.9 Å². The molecule has 0 radical (unpaired) electrons. The predicted octanol–water partition coefficient (Wildman–Crippen LogP) is 2.21. The molecule has 3 heterocycles. The fourth-order valence-corrected chi connectivity index (χ4v) is 4.22. The van der Waals surface area contributed by atoms with Crippen LogP contribution < -0.4 is 0 Å². The van der Waals surface area contributed by atoms with Crippen molar-refractivity contribution in [1.29, 1.82) is 0 Å². The van der Waals surface area contributed by atoms with Crippen molar-refractivity contribution in [3.8, 4) is 0 Å². The molecule has 0 unspecified atom stereocenters. The van der Waals surface area contributed by atoms with Crippen LogP contribution in [0.2, 0.25) is 0 Å². The van der Waals surface area contributed by atoms with Crippen molar-refractivity contribution in [2.75, 3.05) is 0 Å². The highest BCUT2D eigenvalue weighted by Crippen LogP contribution is 2.46. The third kappa shape index (κ3) is 2.61. The van der Waals surface area contributed by atoms with Crippen LogP contribution in [0.5, 0.6) is 0 Å². The lowest BCUT2D eigenvalue weighted by Gasteiger charge is -2.45. The summed E-state index contributed by atoms with van der Waals surface area (Å²) >= 11 is 0. The second-order valence-corrected chi connectivity index (χ2v) is 7.62. The molecule has 1 fully saturated rings. The van der Waals surface area contributed by atoms with Gasteiger partial charge in [-0.25, -0.2) is 0 Å². The van der Waals surface area contributed by atoms with Gasteiger partial charge in [-0.15, -0.1) is 0 Å². The van der Waals surface area contributed by atoms with Gasteiger partial charge >= 0.3 is 0 Å². The van der Waals surface area contributed by atoms with E-state index >= 15 is 0 Å². The number of rotatable bonds is 2. The van der Waals surface area contributed by atoms with Gasteiger partial charge in [0, 0.05) is 17.4 Å². The Hall–Kier alpha value is -2.22. The molecule has 2 aliphatic heterocycles. The lowest BCUT2D eigenvalue weighted by molar-refractivity contribution is -0.362. The Bertz CT molecular complexity index is 994. The summed E-state index contributed by atoms with van der Waals surface area (Å²) in [7, 11) is 0. The zero-order chi connectivity index (χ0) is 19.5. The summed E-state index contributed by atoms with van der Waals surface area (Å²) in [6, 6.07) is 15.7. The van der Waals surface area contributed by atoms with E-state index in [1.807, 2.05) is 48.5 Å². The minimum Gasteiger partial charge on any atom is -0.461 e. The molecule has 0 aliphatic carbocycles. The summed E-state index contributed by atoms with van der Waals surface area (Å²) in [5.41, 5.74) is 3.40. The number of aliphatic hydroxyl groups excluding tert-OH is 3. The molecule has 1 spiro atoms. The van der Waals surface area contributed by atoms with Crippen molar-refractivity contribution in [3.05, 3.63) is 71.0 Å². The molecule has 1 saturated heterocycles. The third-order valence-corrected chi connectivity index (χ3v) is 5.75. The van der Waals surface area contributed by atoms with Crippen LogP contribution in [-0.4, -0.2) is 39.7 Å². The van der Waals surface area contributed by atoms with Crippen LogP contribution in [0.4, 0.5) is 0 Å². The standard InChI is InChI=1S/C22H22O6/c1-12-19(23)20(24)21(25)22(28-12)17-9-13(6-7-15(17)11-26-22)8-16-10-14-4-2-3-5-18(14)27-16/h2-7,9-10,12,19-21,23-25H,8,11H2,1H3/t12-,19-,20+,21-,22+/m1/s1. The van der Waals surface area contributed by atoms with E-state index in [0.29, 0.717) is 12.0 Å². The number of ether oxygens (including phenoxy) is 2. The van der Waals surface area contributed by atoms with Gasteiger partial charge in [0.2, 0.25) is 5.79 Å². The molecular formula is C22H22O6. The minimum atomic E-state index is -1.47.